The first kappa shape index (κ1) is 22.6. The average Bonchev–Trinajstić information content (AvgIpc) is 3.43. The monoisotopic (exact) mass is 463 g/mol. The minimum atomic E-state index is -0.615. The Labute approximate surface area is 199 Å². The number of amides is 1. The zero-order valence-corrected chi connectivity index (χ0v) is 20.4. The molecule has 34 heavy (non-hydrogen) atoms. The van der Waals surface area contributed by atoms with Crippen molar-refractivity contribution in [2.45, 2.75) is 64.6 Å². The van der Waals surface area contributed by atoms with Crippen LogP contribution in [0.25, 0.3) is 22.9 Å². The lowest BCUT2D eigenvalue weighted by Crippen LogP contribution is -2.55. The van der Waals surface area contributed by atoms with E-state index in [0.717, 1.165) is 61.1 Å². The van der Waals surface area contributed by atoms with Gasteiger partial charge in [-0.2, -0.15) is 5.10 Å². The fraction of sp³-hybridized carbons (Fsp3) is 0.520. The Morgan fingerprint density at radius 1 is 1.18 bits per heavy atom. The second-order valence-corrected chi connectivity index (χ2v) is 10.1. The van der Waals surface area contributed by atoms with Crippen LogP contribution in [0.15, 0.2) is 30.7 Å². The molecule has 0 spiro atoms. The lowest BCUT2D eigenvalue weighted by molar-refractivity contribution is -0.129. The molecule has 2 aliphatic heterocycles. The molecule has 180 valence electrons. The number of likely N-dealkylation sites (tertiary alicyclic amines) is 1. The summed E-state index contributed by atoms with van der Waals surface area (Å²) in [5, 5.41) is 4.36. The molecule has 2 aliphatic rings. The summed E-state index contributed by atoms with van der Waals surface area (Å²) in [6.07, 6.45) is 5.60. The van der Waals surface area contributed by atoms with E-state index in [9.17, 15) is 4.79 Å². The quantitative estimate of drug-likeness (QED) is 0.623. The molecule has 2 N–H and O–H groups in total. The third-order valence-corrected chi connectivity index (χ3v) is 7.26. The van der Waals surface area contributed by atoms with Gasteiger partial charge < -0.3 is 15.0 Å². The topological polar surface area (TPSA) is 104 Å². The normalized spacial score (nSPS) is 17.2. The first-order valence-corrected chi connectivity index (χ1v) is 12.0. The van der Waals surface area contributed by atoms with Gasteiger partial charge in [0.15, 0.2) is 5.82 Å². The van der Waals surface area contributed by atoms with Crippen molar-refractivity contribution in [3.8, 4) is 28.7 Å². The number of primary amides is 1. The van der Waals surface area contributed by atoms with Crippen LogP contribution in [0.3, 0.4) is 0 Å². The third kappa shape index (κ3) is 3.87. The van der Waals surface area contributed by atoms with Crippen molar-refractivity contribution in [2.24, 2.45) is 5.73 Å². The molecule has 3 aromatic rings. The van der Waals surface area contributed by atoms with Crippen LogP contribution in [0.1, 0.15) is 58.1 Å². The maximum atomic E-state index is 11.8. The Hall–Kier alpha value is -3.20. The highest BCUT2D eigenvalue weighted by molar-refractivity contribution is 5.83. The molecular weight excluding hydrogens is 430 g/mol. The molecule has 1 fully saturated rings. The van der Waals surface area contributed by atoms with E-state index < -0.39 is 5.54 Å². The van der Waals surface area contributed by atoms with Gasteiger partial charge in [0.05, 0.1) is 17.6 Å². The summed E-state index contributed by atoms with van der Waals surface area (Å²) in [6, 6.07) is 6.71. The highest BCUT2D eigenvalue weighted by atomic mass is 16.5. The Kier molecular flexibility index (Phi) is 5.67. The Morgan fingerprint density at radius 3 is 2.65 bits per heavy atom. The predicted molar refractivity (Wildman–Crippen MR) is 129 cm³/mol. The predicted octanol–water partition coefficient (Wildman–Crippen LogP) is 3.23. The van der Waals surface area contributed by atoms with Crippen LogP contribution in [0.4, 0.5) is 0 Å². The number of hydrogen-bond acceptors (Lipinski definition) is 6. The van der Waals surface area contributed by atoms with Gasteiger partial charge in [-0.25, -0.2) is 14.6 Å². The van der Waals surface area contributed by atoms with E-state index in [2.05, 4.69) is 51.6 Å². The number of aromatic nitrogens is 5. The second-order valence-electron chi connectivity index (χ2n) is 10.1. The van der Waals surface area contributed by atoms with E-state index in [0.29, 0.717) is 12.5 Å². The average molecular weight is 464 g/mol. The smallest absolute Gasteiger partial charge is 0.237 e. The maximum absolute atomic E-state index is 11.8. The lowest BCUT2D eigenvalue weighted by Gasteiger charge is -2.41. The number of carbonyl (C=O) groups is 1. The fourth-order valence-corrected chi connectivity index (χ4v) is 5.00. The van der Waals surface area contributed by atoms with Gasteiger partial charge in [-0.15, -0.1) is 0 Å². The molecular formula is C25H33N7O2. The van der Waals surface area contributed by atoms with Gasteiger partial charge in [0.1, 0.15) is 30.2 Å². The molecule has 9 heteroatoms. The van der Waals surface area contributed by atoms with Crippen LogP contribution >= 0.6 is 0 Å². The number of nitrogens with two attached hydrogens (primary N) is 1. The van der Waals surface area contributed by atoms with E-state index in [1.54, 1.807) is 6.33 Å². The summed E-state index contributed by atoms with van der Waals surface area (Å²) >= 11 is 0. The zero-order valence-electron chi connectivity index (χ0n) is 20.4. The highest BCUT2D eigenvalue weighted by Crippen LogP contribution is 2.38. The van der Waals surface area contributed by atoms with Gasteiger partial charge >= 0.3 is 0 Å². The number of hydrogen-bond donors (Lipinski definition) is 1. The van der Waals surface area contributed by atoms with Crippen molar-refractivity contribution in [3.63, 3.8) is 0 Å². The molecule has 1 aromatic carbocycles. The van der Waals surface area contributed by atoms with Crippen molar-refractivity contribution >= 4 is 5.91 Å². The lowest BCUT2D eigenvalue weighted by atomic mass is 9.86. The molecule has 0 radical (unpaired) electrons. The van der Waals surface area contributed by atoms with Gasteiger partial charge in [-0.05, 0) is 77.2 Å². The molecule has 9 nitrogen and oxygen atoms in total. The summed E-state index contributed by atoms with van der Waals surface area (Å²) in [4.78, 5) is 23.4. The largest absolute Gasteiger partial charge is 0.491 e. The molecule has 1 saturated heterocycles. The molecule has 1 amide bonds. The number of nitrogens with zero attached hydrogens (tertiary/aromatic N) is 6. The van der Waals surface area contributed by atoms with Crippen LogP contribution < -0.4 is 10.5 Å². The van der Waals surface area contributed by atoms with Crippen LogP contribution in [0.5, 0.6) is 5.75 Å². The number of piperidine rings is 1. The van der Waals surface area contributed by atoms with Gasteiger partial charge in [0.2, 0.25) is 5.91 Å². The first-order valence-electron chi connectivity index (χ1n) is 12.0. The molecule has 0 aliphatic carbocycles. The summed E-state index contributed by atoms with van der Waals surface area (Å²) in [5.74, 6) is 2.70. The van der Waals surface area contributed by atoms with Gasteiger partial charge in [-0.3, -0.25) is 9.69 Å². The molecule has 0 saturated carbocycles. The van der Waals surface area contributed by atoms with Gasteiger partial charge in [0, 0.05) is 12.2 Å². The van der Waals surface area contributed by atoms with Crippen LogP contribution in [-0.4, -0.2) is 60.4 Å². The standard InChI is InChI=1S/C25H33N7O2/c1-16(2)32-23(27-15-28-32)20-14-30-11-12-34-21-13-18(5-6-19(21)22(30)29-20)17-7-9-31(10-8-17)25(3,4)24(26)33/h5-6,13-17H,7-12H2,1-4H3,(H2,26,33). The van der Waals surface area contributed by atoms with E-state index in [1.165, 1.54) is 5.56 Å². The molecule has 0 bridgehead atoms. The summed E-state index contributed by atoms with van der Waals surface area (Å²) in [5.41, 5.74) is 8.09. The number of carbonyl (C=O) groups excluding carboxylic acids is 1. The van der Waals surface area contributed by atoms with Crippen LogP contribution in [0, 0.1) is 0 Å². The summed E-state index contributed by atoms with van der Waals surface area (Å²) in [6.45, 7) is 11.0. The first-order chi connectivity index (χ1) is 16.3. The zero-order chi connectivity index (χ0) is 24.0. The number of fused-ring (bicyclic) bond motifs is 3. The second kappa shape index (κ2) is 8.54. The molecule has 0 unspecified atom stereocenters. The van der Waals surface area contributed by atoms with Crippen molar-refractivity contribution in [1.29, 1.82) is 0 Å². The molecule has 4 heterocycles. The number of benzene rings is 1. The Morgan fingerprint density at radius 2 is 1.94 bits per heavy atom. The minimum Gasteiger partial charge on any atom is -0.491 e. The maximum Gasteiger partial charge on any atom is 0.237 e. The van der Waals surface area contributed by atoms with Gasteiger partial charge in [-0.1, -0.05) is 6.07 Å². The summed E-state index contributed by atoms with van der Waals surface area (Å²) < 4.78 is 10.2. The Bertz CT molecular complexity index is 1200. The van der Waals surface area contributed by atoms with E-state index in [1.807, 2.05) is 24.7 Å². The van der Waals surface area contributed by atoms with Crippen molar-refractivity contribution < 1.29 is 9.53 Å². The number of imidazole rings is 1. The highest BCUT2D eigenvalue weighted by Gasteiger charge is 2.35. The third-order valence-electron chi connectivity index (χ3n) is 7.26. The van der Waals surface area contributed by atoms with Crippen LogP contribution in [-0.2, 0) is 11.3 Å². The van der Waals surface area contributed by atoms with E-state index in [-0.39, 0.29) is 11.9 Å². The van der Waals surface area contributed by atoms with E-state index in [4.69, 9.17) is 15.5 Å². The van der Waals surface area contributed by atoms with Crippen LogP contribution in [0.2, 0.25) is 0 Å². The minimum absolute atomic E-state index is 0.206. The van der Waals surface area contributed by atoms with Crippen molar-refractivity contribution in [2.75, 3.05) is 19.7 Å². The van der Waals surface area contributed by atoms with E-state index >= 15 is 0 Å². The van der Waals surface area contributed by atoms with Gasteiger partial charge in [0.25, 0.3) is 0 Å². The molecule has 0 atom stereocenters. The number of ether oxygens (including phenoxy) is 1. The van der Waals surface area contributed by atoms with Crippen molar-refractivity contribution in [3.05, 3.63) is 36.3 Å². The fourth-order valence-electron chi connectivity index (χ4n) is 5.00. The summed E-state index contributed by atoms with van der Waals surface area (Å²) in [7, 11) is 0. The molecule has 2 aromatic heterocycles. The van der Waals surface area contributed by atoms with Crippen molar-refractivity contribution in [1.82, 2.24) is 29.2 Å². The Balaban J connectivity index is 1.40. The SMILES string of the molecule is CC(C)n1ncnc1-c1cn2c(n1)-c1ccc(C3CCN(C(C)(C)C(N)=O)CC3)cc1OCC2. The molecule has 5 rings (SSSR count). The number of rotatable bonds is 5.